The second kappa shape index (κ2) is 8.39. The van der Waals surface area contributed by atoms with Gasteiger partial charge in [0.1, 0.15) is 5.75 Å². The summed E-state index contributed by atoms with van der Waals surface area (Å²) in [7, 11) is 1.64. The molecule has 7 heteroatoms. The van der Waals surface area contributed by atoms with Crippen molar-refractivity contribution in [1.29, 1.82) is 0 Å². The molecule has 2 aromatic carbocycles. The molecule has 5 nitrogen and oxygen atoms in total. The van der Waals surface area contributed by atoms with Crippen molar-refractivity contribution in [3.05, 3.63) is 64.5 Å². The van der Waals surface area contributed by atoms with E-state index in [1.165, 1.54) is 11.8 Å². The average molecular weight is 465 g/mol. The number of thioether (sulfide) groups is 1. The predicted octanol–water partition coefficient (Wildman–Crippen LogP) is 4.22. The molecular weight excluding hydrogens is 449 g/mol. The summed E-state index contributed by atoms with van der Waals surface area (Å²) in [5.41, 5.74) is 1.77. The molecule has 0 aliphatic rings. The highest BCUT2D eigenvalue weighted by molar-refractivity contribution is 14.1. The average Bonchev–Trinajstić information content (AvgIpc) is 3.08. The summed E-state index contributed by atoms with van der Waals surface area (Å²) in [4.78, 5) is 16.5. The van der Waals surface area contributed by atoms with Crippen LogP contribution in [-0.4, -0.2) is 28.3 Å². The summed E-state index contributed by atoms with van der Waals surface area (Å²) in [6.45, 7) is 0. The summed E-state index contributed by atoms with van der Waals surface area (Å²) in [6, 6.07) is 15.4. The summed E-state index contributed by atoms with van der Waals surface area (Å²) >= 11 is 3.62. The molecule has 0 aliphatic carbocycles. The van der Waals surface area contributed by atoms with Gasteiger partial charge in [-0.1, -0.05) is 17.8 Å². The van der Waals surface area contributed by atoms with E-state index in [1.54, 1.807) is 13.3 Å². The van der Waals surface area contributed by atoms with E-state index in [4.69, 9.17) is 4.74 Å². The Balaban J connectivity index is 1.64. The first-order chi connectivity index (χ1) is 12.2. The van der Waals surface area contributed by atoms with Gasteiger partial charge in [0.05, 0.1) is 12.9 Å². The fourth-order valence-corrected chi connectivity index (χ4v) is 3.55. The van der Waals surface area contributed by atoms with E-state index in [2.05, 4.69) is 32.9 Å². The van der Waals surface area contributed by atoms with Crippen molar-refractivity contribution in [3.63, 3.8) is 0 Å². The molecular formula is C18H16IN3O2S. The highest BCUT2D eigenvalue weighted by Crippen LogP contribution is 2.22. The molecule has 0 atom stereocenters. The van der Waals surface area contributed by atoms with E-state index in [1.807, 2.05) is 59.3 Å². The van der Waals surface area contributed by atoms with Crippen LogP contribution in [0.1, 0.15) is 0 Å². The van der Waals surface area contributed by atoms with Crippen LogP contribution < -0.4 is 10.1 Å². The summed E-state index contributed by atoms with van der Waals surface area (Å²) in [6.07, 6.45) is 3.60. The van der Waals surface area contributed by atoms with Crippen molar-refractivity contribution in [2.75, 3.05) is 18.2 Å². The highest BCUT2D eigenvalue weighted by Gasteiger charge is 2.09. The monoisotopic (exact) mass is 465 g/mol. The Morgan fingerprint density at radius 3 is 2.80 bits per heavy atom. The number of imidazole rings is 1. The Morgan fingerprint density at radius 2 is 2.08 bits per heavy atom. The first-order valence-electron chi connectivity index (χ1n) is 7.52. The zero-order valence-electron chi connectivity index (χ0n) is 13.5. The van der Waals surface area contributed by atoms with Crippen LogP contribution in [0.2, 0.25) is 0 Å². The molecule has 0 radical (unpaired) electrons. The Kier molecular flexibility index (Phi) is 5.98. The Hall–Kier alpha value is -2.00. The quantitative estimate of drug-likeness (QED) is 0.438. The number of nitrogens with zero attached hydrogens (tertiary/aromatic N) is 2. The lowest BCUT2D eigenvalue weighted by Crippen LogP contribution is -2.14. The van der Waals surface area contributed by atoms with Gasteiger partial charge in [0.2, 0.25) is 5.91 Å². The molecule has 128 valence electrons. The molecule has 0 saturated carbocycles. The van der Waals surface area contributed by atoms with Crippen molar-refractivity contribution < 1.29 is 9.53 Å². The summed E-state index contributed by atoms with van der Waals surface area (Å²) in [5.74, 6) is 1.03. The van der Waals surface area contributed by atoms with Crippen molar-refractivity contribution >= 4 is 45.9 Å². The fraction of sp³-hybridized carbons (Fsp3) is 0.111. The van der Waals surface area contributed by atoms with Crippen LogP contribution in [0.25, 0.3) is 5.69 Å². The zero-order chi connectivity index (χ0) is 17.6. The highest BCUT2D eigenvalue weighted by atomic mass is 127. The number of methoxy groups -OCH3 is 1. The third-order valence-electron chi connectivity index (χ3n) is 3.40. The van der Waals surface area contributed by atoms with Crippen LogP contribution in [0, 0.1) is 3.57 Å². The van der Waals surface area contributed by atoms with E-state index in [-0.39, 0.29) is 5.91 Å². The number of anilines is 1. The van der Waals surface area contributed by atoms with Gasteiger partial charge >= 0.3 is 0 Å². The molecule has 3 rings (SSSR count). The molecule has 25 heavy (non-hydrogen) atoms. The number of ether oxygens (including phenoxy) is 1. The lowest BCUT2D eigenvalue weighted by atomic mass is 10.3. The van der Waals surface area contributed by atoms with Gasteiger partial charge in [0, 0.05) is 27.3 Å². The van der Waals surface area contributed by atoms with Crippen LogP contribution in [0.3, 0.4) is 0 Å². The maximum atomic E-state index is 12.2. The van der Waals surface area contributed by atoms with E-state index in [9.17, 15) is 4.79 Å². The van der Waals surface area contributed by atoms with E-state index < -0.39 is 0 Å². The standard InChI is InChI=1S/C18H16IN3O2S/c1-24-16-7-5-15(6-8-16)22-10-9-20-18(22)25-12-17(23)21-14-4-2-3-13(19)11-14/h2-11H,12H2,1H3,(H,21,23). The summed E-state index contributed by atoms with van der Waals surface area (Å²) in [5, 5.41) is 3.67. The number of amides is 1. The largest absolute Gasteiger partial charge is 0.497 e. The van der Waals surface area contributed by atoms with Gasteiger partial charge in [-0.05, 0) is 65.1 Å². The lowest BCUT2D eigenvalue weighted by molar-refractivity contribution is -0.113. The molecule has 1 amide bonds. The second-order valence-electron chi connectivity index (χ2n) is 5.13. The Bertz CT molecular complexity index is 865. The number of rotatable bonds is 6. The first-order valence-corrected chi connectivity index (χ1v) is 9.58. The zero-order valence-corrected chi connectivity index (χ0v) is 16.5. The molecule has 1 heterocycles. The summed E-state index contributed by atoms with van der Waals surface area (Å²) < 4.78 is 8.21. The number of hydrogen-bond donors (Lipinski definition) is 1. The molecule has 0 fully saturated rings. The number of benzene rings is 2. The van der Waals surface area contributed by atoms with E-state index in [0.717, 1.165) is 25.9 Å². The van der Waals surface area contributed by atoms with Crippen LogP contribution in [0.5, 0.6) is 5.75 Å². The molecule has 0 spiro atoms. The van der Waals surface area contributed by atoms with Gasteiger partial charge in [-0.25, -0.2) is 4.98 Å². The van der Waals surface area contributed by atoms with Gasteiger partial charge in [0.15, 0.2) is 5.16 Å². The van der Waals surface area contributed by atoms with Crippen LogP contribution in [0.15, 0.2) is 66.1 Å². The first kappa shape index (κ1) is 17.8. The van der Waals surface area contributed by atoms with Gasteiger partial charge < -0.3 is 10.1 Å². The predicted molar refractivity (Wildman–Crippen MR) is 109 cm³/mol. The minimum Gasteiger partial charge on any atom is -0.497 e. The topological polar surface area (TPSA) is 56.2 Å². The molecule has 0 aliphatic heterocycles. The molecule has 0 unspecified atom stereocenters. The Labute approximate surface area is 163 Å². The van der Waals surface area contributed by atoms with Crippen molar-refractivity contribution in [1.82, 2.24) is 9.55 Å². The van der Waals surface area contributed by atoms with Crippen LogP contribution in [-0.2, 0) is 4.79 Å². The fourth-order valence-electron chi connectivity index (χ4n) is 2.23. The molecule has 3 aromatic rings. The van der Waals surface area contributed by atoms with Gasteiger partial charge in [0.25, 0.3) is 0 Å². The van der Waals surface area contributed by atoms with Gasteiger partial charge in [-0.15, -0.1) is 0 Å². The van der Waals surface area contributed by atoms with E-state index in [0.29, 0.717) is 5.75 Å². The smallest absolute Gasteiger partial charge is 0.234 e. The molecule has 0 saturated heterocycles. The lowest BCUT2D eigenvalue weighted by Gasteiger charge is -2.09. The second-order valence-corrected chi connectivity index (χ2v) is 7.31. The number of halogens is 1. The minimum absolute atomic E-state index is 0.0590. The SMILES string of the molecule is COc1ccc(-n2ccnc2SCC(=O)Nc2cccc(I)c2)cc1. The third-order valence-corrected chi connectivity index (χ3v) is 5.04. The third kappa shape index (κ3) is 4.76. The van der Waals surface area contributed by atoms with Crippen molar-refractivity contribution in [2.45, 2.75) is 5.16 Å². The van der Waals surface area contributed by atoms with E-state index >= 15 is 0 Å². The number of aromatic nitrogens is 2. The molecule has 1 N–H and O–H groups in total. The van der Waals surface area contributed by atoms with Gasteiger partial charge in [-0.2, -0.15) is 0 Å². The maximum Gasteiger partial charge on any atom is 0.234 e. The Morgan fingerprint density at radius 1 is 1.28 bits per heavy atom. The van der Waals surface area contributed by atoms with Gasteiger partial charge in [-0.3, -0.25) is 9.36 Å². The molecule has 0 bridgehead atoms. The number of nitrogens with one attached hydrogen (secondary N) is 1. The maximum absolute atomic E-state index is 12.2. The number of hydrogen-bond acceptors (Lipinski definition) is 4. The number of carbonyl (C=O) groups is 1. The number of carbonyl (C=O) groups excluding carboxylic acids is 1. The normalized spacial score (nSPS) is 10.5. The van der Waals surface area contributed by atoms with Crippen molar-refractivity contribution in [3.8, 4) is 11.4 Å². The van der Waals surface area contributed by atoms with Crippen LogP contribution in [0.4, 0.5) is 5.69 Å². The van der Waals surface area contributed by atoms with Crippen LogP contribution >= 0.6 is 34.4 Å². The van der Waals surface area contributed by atoms with Crippen molar-refractivity contribution in [2.24, 2.45) is 0 Å². The molecule has 1 aromatic heterocycles. The minimum atomic E-state index is -0.0590.